The predicted octanol–water partition coefficient (Wildman–Crippen LogP) is 3.74. The van der Waals surface area contributed by atoms with Gasteiger partial charge in [-0.25, -0.2) is 0 Å². The molecule has 0 radical (unpaired) electrons. The van der Waals surface area contributed by atoms with Gasteiger partial charge in [-0.3, -0.25) is 14.4 Å². The van der Waals surface area contributed by atoms with Crippen LogP contribution in [0.15, 0.2) is 53.5 Å². The number of fused-ring (bicyclic) bond motifs is 3. The molecule has 0 spiro atoms. The first-order valence-electron chi connectivity index (χ1n) is 12.3. The molecule has 2 unspecified atom stereocenters. The van der Waals surface area contributed by atoms with Crippen molar-refractivity contribution in [1.82, 2.24) is 14.8 Å². The molecular formula is C29H27ClN6O2S. The number of halogens is 1. The van der Waals surface area contributed by atoms with Crippen molar-refractivity contribution in [3.63, 3.8) is 0 Å². The monoisotopic (exact) mass is 558 g/mol. The highest BCUT2D eigenvalue weighted by Gasteiger charge is 2.38. The molecule has 0 bridgehead atoms. The van der Waals surface area contributed by atoms with Gasteiger partial charge < -0.3 is 16.6 Å². The van der Waals surface area contributed by atoms with Gasteiger partial charge in [0.05, 0.1) is 24.3 Å². The van der Waals surface area contributed by atoms with Gasteiger partial charge in [0.25, 0.3) is 0 Å². The number of aliphatic imine (C=N–C) groups is 1. The van der Waals surface area contributed by atoms with E-state index < -0.39 is 23.9 Å². The molecule has 0 fully saturated rings. The van der Waals surface area contributed by atoms with Gasteiger partial charge in [0.15, 0.2) is 5.82 Å². The number of aromatic nitrogens is 3. The molecule has 2 aromatic heterocycles. The molecule has 1 aliphatic rings. The Morgan fingerprint density at radius 1 is 1.18 bits per heavy atom. The van der Waals surface area contributed by atoms with E-state index in [2.05, 4.69) is 35.9 Å². The van der Waals surface area contributed by atoms with Crippen LogP contribution < -0.4 is 11.5 Å². The summed E-state index contributed by atoms with van der Waals surface area (Å²) in [5.41, 5.74) is 16.8. The molecule has 3 heterocycles. The van der Waals surface area contributed by atoms with E-state index in [1.165, 1.54) is 0 Å². The van der Waals surface area contributed by atoms with Crippen LogP contribution in [0.2, 0.25) is 5.02 Å². The fraction of sp³-hybridized carbons (Fsp3) is 0.241. The molecule has 4 aromatic rings. The van der Waals surface area contributed by atoms with Crippen LogP contribution in [0.3, 0.4) is 0 Å². The minimum Gasteiger partial charge on any atom is -0.394 e. The molecule has 5 rings (SSSR count). The third kappa shape index (κ3) is 5.00. The van der Waals surface area contributed by atoms with Gasteiger partial charge >= 0.3 is 0 Å². The molecule has 10 heteroatoms. The number of nitrogens with zero attached hydrogens (tertiary/aromatic N) is 4. The van der Waals surface area contributed by atoms with Crippen LogP contribution in [-0.2, 0) is 4.79 Å². The van der Waals surface area contributed by atoms with E-state index in [4.69, 9.17) is 28.1 Å². The Kier molecular flexibility index (Phi) is 7.38. The van der Waals surface area contributed by atoms with Crippen molar-refractivity contribution in [2.45, 2.75) is 38.8 Å². The highest BCUT2D eigenvalue weighted by Crippen LogP contribution is 2.43. The van der Waals surface area contributed by atoms with E-state index in [0.29, 0.717) is 27.8 Å². The summed E-state index contributed by atoms with van der Waals surface area (Å²) in [4.78, 5) is 19.5. The Morgan fingerprint density at radius 3 is 2.62 bits per heavy atom. The summed E-state index contributed by atoms with van der Waals surface area (Å²) in [6.45, 7) is 5.78. The second kappa shape index (κ2) is 10.8. The van der Waals surface area contributed by atoms with Crippen LogP contribution in [0.4, 0.5) is 0 Å². The van der Waals surface area contributed by atoms with Crippen molar-refractivity contribution in [3.8, 4) is 16.8 Å². The number of rotatable bonds is 5. The molecule has 39 heavy (non-hydrogen) atoms. The molecular weight excluding hydrogens is 532 g/mol. The van der Waals surface area contributed by atoms with Crippen molar-refractivity contribution in [2.24, 2.45) is 16.5 Å². The summed E-state index contributed by atoms with van der Waals surface area (Å²) in [5.74, 6) is 5.57. The fourth-order valence-corrected chi connectivity index (χ4v) is 6.05. The van der Waals surface area contributed by atoms with Crippen LogP contribution in [0.25, 0.3) is 5.00 Å². The topological polar surface area (TPSA) is 132 Å². The molecule has 198 valence electrons. The number of primary amides is 1. The normalized spacial score (nSPS) is 15.7. The number of thiophene rings is 1. The lowest BCUT2D eigenvalue weighted by Gasteiger charge is -2.22. The number of amides is 1. The minimum atomic E-state index is -0.863. The van der Waals surface area contributed by atoms with Gasteiger partial charge in [-0.15, -0.1) is 21.5 Å². The third-order valence-electron chi connectivity index (χ3n) is 6.77. The zero-order valence-electron chi connectivity index (χ0n) is 21.6. The zero-order chi connectivity index (χ0) is 27.8. The number of aliphatic hydroxyl groups is 1. The summed E-state index contributed by atoms with van der Waals surface area (Å²) in [7, 11) is 0. The summed E-state index contributed by atoms with van der Waals surface area (Å²) < 4.78 is 1.98. The van der Waals surface area contributed by atoms with Crippen LogP contribution in [0.1, 0.15) is 56.3 Å². The molecule has 0 saturated heterocycles. The first kappa shape index (κ1) is 26.8. The Bertz CT molecular complexity index is 1660. The molecule has 8 nitrogen and oxygen atoms in total. The molecule has 1 amide bonds. The van der Waals surface area contributed by atoms with Crippen molar-refractivity contribution in [2.75, 3.05) is 6.61 Å². The number of hydrogen-bond donors (Lipinski definition) is 3. The van der Waals surface area contributed by atoms with E-state index >= 15 is 0 Å². The van der Waals surface area contributed by atoms with Crippen molar-refractivity contribution in [3.05, 3.63) is 97.9 Å². The van der Waals surface area contributed by atoms with Crippen LogP contribution in [-0.4, -0.2) is 44.1 Å². The van der Waals surface area contributed by atoms with E-state index in [-0.39, 0.29) is 6.61 Å². The number of benzene rings is 2. The van der Waals surface area contributed by atoms with Crippen molar-refractivity contribution in [1.29, 1.82) is 0 Å². The Morgan fingerprint density at radius 2 is 1.92 bits per heavy atom. The second-order valence-electron chi connectivity index (χ2n) is 9.40. The standard InChI is InChI=1S/C29H27ClN6O2S/c1-15-16(2)39-29-23(15)25(19-8-10-21(30)11-9-19)33-26(28-35-34-17(3)36(28)29)24(27(32)38)20-6-4-5-18(13-20)7-12-22(31)14-37/h4-6,8-11,13,22,24,26,37H,14,31H2,1-3H3,(H2,32,38)/t22?,24?,26-/m0/s1. The number of aryl methyl sites for hydroxylation is 2. The van der Waals surface area contributed by atoms with Crippen molar-refractivity contribution >= 4 is 34.6 Å². The van der Waals surface area contributed by atoms with Gasteiger partial charge in [0.1, 0.15) is 16.9 Å². The molecule has 0 saturated carbocycles. The van der Waals surface area contributed by atoms with Gasteiger partial charge in [-0.2, -0.15) is 0 Å². The van der Waals surface area contributed by atoms with Gasteiger partial charge in [-0.05, 0) is 56.2 Å². The fourth-order valence-electron chi connectivity index (χ4n) is 4.71. The predicted molar refractivity (Wildman–Crippen MR) is 154 cm³/mol. The average Bonchev–Trinajstić information content (AvgIpc) is 3.39. The smallest absolute Gasteiger partial charge is 0.227 e. The number of aliphatic hydroxyl groups excluding tert-OH is 1. The van der Waals surface area contributed by atoms with Crippen LogP contribution in [0.5, 0.6) is 0 Å². The Labute approximate surface area is 235 Å². The van der Waals surface area contributed by atoms with Crippen LogP contribution in [0, 0.1) is 32.6 Å². The summed E-state index contributed by atoms with van der Waals surface area (Å²) in [6, 6.07) is 13.3. The highest BCUT2D eigenvalue weighted by atomic mass is 35.5. The zero-order valence-corrected chi connectivity index (χ0v) is 23.2. The average molecular weight is 559 g/mol. The number of carbonyl (C=O) groups excluding carboxylic acids is 1. The maximum atomic E-state index is 13.2. The molecule has 1 aliphatic heterocycles. The summed E-state index contributed by atoms with van der Waals surface area (Å²) in [6.07, 6.45) is 0. The lowest BCUT2D eigenvalue weighted by atomic mass is 9.89. The molecule has 0 aliphatic carbocycles. The van der Waals surface area contributed by atoms with E-state index in [1.807, 2.05) is 47.9 Å². The summed E-state index contributed by atoms with van der Waals surface area (Å²) >= 11 is 7.84. The third-order valence-corrected chi connectivity index (χ3v) is 8.22. The van der Waals surface area contributed by atoms with E-state index in [0.717, 1.165) is 32.3 Å². The van der Waals surface area contributed by atoms with Crippen LogP contribution >= 0.6 is 22.9 Å². The van der Waals surface area contributed by atoms with E-state index in [1.54, 1.807) is 23.5 Å². The molecule has 3 atom stereocenters. The molecule has 5 N–H and O–H groups in total. The maximum Gasteiger partial charge on any atom is 0.227 e. The number of hydrogen-bond acceptors (Lipinski definition) is 7. The van der Waals surface area contributed by atoms with E-state index in [9.17, 15) is 9.90 Å². The first-order chi connectivity index (χ1) is 18.7. The SMILES string of the molecule is Cc1sc2c(c1C)C(c1ccc(Cl)cc1)=N[C@@H](C(C(N)=O)c1cccc(C#CC(N)CO)c1)c1nnc(C)n1-2. The lowest BCUT2D eigenvalue weighted by Crippen LogP contribution is -2.28. The molecule has 2 aromatic carbocycles. The lowest BCUT2D eigenvalue weighted by molar-refractivity contribution is -0.120. The van der Waals surface area contributed by atoms with Crippen molar-refractivity contribution < 1.29 is 9.90 Å². The number of nitrogens with two attached hydrogens (primary N) is 2. The quantitative estimate of drug-likeness (QED) is 0.321. The van der Waals surface area contributed by atoms with Gasteiger partial charge in [0.2, 0.25) is 5.91 Å². The maximum absolute atomic E-state index is 13.2. The first-order valence-corrected chi connectivity index (χ1v) is 13.5. The number of carbonyl (C=O) groups is 1. The largest absolute Gasteiger partial charge is 0.394 e. The second-order valence-corrected chi connectivity index (χ2v) is 11.0. The van der Waals surface area contributed by atoms with Gasteiger partial charge in [-0.1, -0.05) is 47.7 Å². The summed E-state index contributed by atoms with van der Waals surface area (Å²) in [5, 5.41) is 19.7. The highest BCUT2D eigenvalue weighted by molar-refractivity contribution is 7.15. The van der Waals surface area contributed by atoms with Gasteiger partial charge in [0, 0.05) is 26.6 Å². The Balaban J connectivity index is 1.75. The Hall–Kier alpha value is -3.81. The minimum absolute atomic E-state index is 0.251.